The number of para-hydroxylation sites is 4. The van der Waals surface area contributed by atoms with E-state index in [1.165, 1.54) is 0 Å². The van der Waals surface area contributed by atoms with Gasteiger partial charge in [0.25, 0.3) is 0 Å². The number of rotatable bonds is 36. The fourth-order valence-electron chi connectivity index (χ4n) is 10.0. The van der Waals surface area contributed by atoms with Crippen molar-refractivity contribution in [1.82, 2.24) is 41.2 Å². The third-order valence-corrected chi connectivity index (χ3v) is 14.5. The number of carbonyl (C=O) groups excluding carboxylic acids is 4. The summed E-state index contributed by atoms with van der Waals surface area (Å²) in [7, 11) is 0. The van der Waals surface area contributed by atoms with Crippen LogP contribution in [0.1, 0.15) is 47.9 Å². The lowest BCUT2D eigenvalue weighted by Crippen LogP contribution is -2.45. The molecule has 4 heterocycles. The Labute approximate surface area is 486 Å². The SMILES string of the molecule is O=C(CCOCC(COCCC(=O)NC(Cc1c[nH]c2ccccc12)C(=O)O)(COCCC(=O)NC(Cc1c[nH]c2ccccc12)C(=O)O)COCCC(=O)NC(Cc1c[nH]c2ccccc12)C(=O)O)NC(Cc1c[nH]c2ccccc12)C(=O)O. The molecule has 4 unspecified atom stereocenters. The van der Waals surface area contributed by atoms with E-state index in [2.05, 4.69) is 41.2 Å². The van der Waals surface area contributed by atoms with Crippen LogP contribution in [0.25, 0.3) is 43.6 Å². The molecule has 0 radical (unpaired) electrons. The summed E-state index contributed by atoms with van der Waals surface area (Å²) < 4.78 is 24.4. The van der Waals surface area contributed by atoms with E-state index in [0.717, 1.165) is 43.6 Å². The van der Waals surface area contributed by atoms with E-state index in [1.807, 2.05) is 97.1 Å². The maximum Gasteiger partial charge on any atom is 0.326 e. The van der Waals surface area contributed by atoms with Gasteiger partial charge in [-0.25, -0.2) is 19.2 Å². The monoisotopic (exact) mass is 1170 g/mol. The molecule has 0 aliphatic rings. The standard InChI is InChI=1S/C61H68N8O16/c70-53(66-49(57(74)75)25-37-29-62-45-13-5-1-9-41(37)45)17-21-82-33-61(34-83-22-18-54(71)67-50(58(76)77)26-38-30-63-46-14-6-2-10-42(38)46,35-84-23-19-55(72)68-51(59(78)79)27-39-31-64-47-15-7-3-11-43(39)47)36-85-24-20-56(73)69-52(60(80)81)28-40-32-65-48-16-8-4-12-44(40)48/h1-16,29-32,49-52,62-65H,17-28,33-36H2,(H,66,70)(H,67,71)(H,68,72)(H,69,73)(H,74,75)(H,76,77)(H,78,79)(H,80,81). The van der Waals surface area contributed by atoms with Gasteiger partial charge in [-0.1, -0.05) is 72.8 Å². The number of benzene rings is 4. The van der Waals surface area contributed by atoms with Crippen LogP contribution in [0.5, 0.6) is 0 Å². The number of nitrogens with one attached hydrogen (secondary N) is 8. The molecule has 0 aliphatic heterocycles. The molecule has 448 valence electrons. The number of aromatic amines is 4. The van der Waals surface area contributed by atoms with Crippen molar-refractivity contribution in [1.29, 1.82) is 0 Å². The number of amides is 4. The molecule has 4 atom stereocenters. The largest absolute Gasteiger partial charge is 0.480 e. The third kappa shape index (κ3) is 17.4. The van der Waals surface area contributed by atoms with E-state index in [-0.39, 0.29) is 104 Å². The Kier molecular flexibility index (Phi) is 21.6. The van der Waals surface area contributed by atoms with Crippen molar-refractivity contribution in [2.75, 3.05) is 52.9 Å². The molecule has 12 N–H and O–H groups in total. The predicted molar refractivity (Wildman–Crippen MR) is 310 cm³/mol. The Morgan fingerprint density at radius 2 is 0.565 bits per heavy atom. The number of carboxylic acid groups (broad SMARTS) is 4. The summed E-state index contributed by atoms with van der Waals surface area (Å²) in [5, 5.41) is 53.8. The van der Waals surface area contributed by atoms with Crippen molar-refractivity contribution in [3.8, 4) is 0 Å². The van der Waals surface area contributed by atoms with Gasteiger partial charge in [0.05, 0.1) is 58.3 Å². The maximum atomic E-state index is 13.3. The molecule has 24 nitrogen and oxygen atoms in total. The highest BCUT2D eigenvalue weighted by Crippen LogP contribution is 2.25. The van der Waals surface area contributed by atoms with E-state index >= 15 is 0 Å². The molecule has 0 spiro atoms. The van der Waals surface area contributed by atoms with Crippen molar-refractivity contribution in [2.45, 2.75) is 75.5 Å². The molecular weight excluding hydrogens is 1100 g/mol. The molecule has 0 saturated carbocycles. The van der Waals surface area contributed by atoms with E-state index < -0.39 is 77.1 Å². The quantitative estimate of drug-likeness (QED) is 0.0235. The molecule has 4 aromatic heterocycles. The smallest absolute Gasteiger partial charge is 0.326 e. The molecule has 85 heavy (non-hydrogen) atoms. The van der Waals surface area contributed by atoms with Crippen molar-refractivity contribution < 1.29 is 77.7 Å². The second-order valence-corrected chi connectivity index (χ2v) is 20.8. The molecular formula is C61H68N8O16. The highest BCUT2D eigenvalue weighted by molar-refractivity contribution is 5.90. The number of carboxylic acids is 4. The fourth-order valence-corrected chi connectivity index (χ4v) is 10.0. The highest BCUT2D eigenvalue weighted by atomic mass is 16.5. The van der Waals surface area contributed by atoms with Gasteiger partial charge in [0.1, 0.15) is 24.2 Å². The summed E-state index contributed by atoms with van der Waals surface area (Å²) in [5.41, 5.74) is 4.58. The minimum Gasteiger partial charge on any atom is -0.480 e. The summed E-state index contributed by atoms with van der Waals surface area (Å²) in [6.07, 6.45) is 5.48. The van der Waals surface area contributed by atoms with Gasteiger partial charge in [-0.2, -0.15) is 0 Å². The van der Waals surface area contributed by atoms with Crippen molar-refractivity contribution >= 4 is 91.1 Å². The van der Waals surface area contributed by atoms with Crippen LogP contribution in [0.2, 0.25) is 0 Å². The number of ether oxygens (including phenoxy) is 4. The zero-order valence-electron chi connectivity index (χ0n) is 46.4. The number of carbonyl (C=O) groups is 8. The summed E-state index contributed by atoms with van der Waals surface area (Å²) in [4.78, 5) is 115. The van der Waals surface area contributed by atoms with Gasteiger partial charge in [-0.3, -0.25) is 19.2 Å². The Balaban J connectivity index is 0.936. The van der Waals surface area contributed by atoms with Crippen LogP contribution in [0.4, 0.5) is 0 Å². The zero-order valence-corrected chi connectivity index (χ0v) is 46.4. The Hall–Kier alpha value is -9.36. The first-order valence-electron chi connectivity index (χ1n) is 27.6. The van der Waals surface area contributed by atoms with E-state index in [4.69, 9.17) is 18.9 Å². The lowest BCUT2D eigenvalue weighted by molar-refractivity contribution is -0.142. The lowest BCUT2D eigenvalue weighted by Gasteiger charge is -2.33. The first kappa shape index (κ1) is 61.7. The Morgan fingerprint density at radius 1 is 0.353 bits per heavy atom. The molecule has 0 bridgehead atoms. The highest BCUT2D eigenvalue weighted by Gasteiger charge is 2.34. The zero-order chi connectivity index (χ0) is 60.3. The molecule has 0 saturated heterocycles. The van der Waals surface area contributed by atoms with Gasteiger partial charge < -0.3 is 80.6 Å². The first-order chi connectivity index (χ1) is 41.0. The maximum absolute atomic E-state index is 13.3. The van der Waals surface area contributed by atoms with Gasteiger partial charge in [0.15, 0.2) is 0 Å². The Bertz CT molecular complexity index is 3150. The summed E-state index contributed by atoms with van der Waals surface area (Å²) in [6.45, 7) is -2.17. The van der Waals surface area contributed by atoms with Gasteiger partial charge in [0, 0.05) is 120 Å². The number of fused-ring (bicyclic) bond motifs is 4. The van der Waals surface area contributed by atoms with E-state index in [9.17, 15) is 58.8 Å². The van der Waals surface area contributed by atoms with Crippen molar-refractivity contribution in [3.05, 3.63) is 144 Å². The molecule has 0 aliphatic carbocycles. The minimum atomic E-state index is -1.35. The van der Waals surface area contributed by atoms with E-state index in [0.29, 0.717) is 22.3 Å². The number of aliphatic carboxylic acids is 4. The normalized spacial score (nSPS) is 13.6. The van der Waals surface area contributed by atoms with Crippen LogP contribution in [0, 0.1) is 5.41 Å². The van der Waals surface area contributed by atoms with Crippen LogP contribution in [0.15, 0.2) is 122 Å². The van der Waals surface area contributed by atoms with Gasteiger partial charge in [-0.05, 0) is 46.5 Å². The number of H-pyrrole nitrogens is 4. The predicted octanol–water partition coefficient (Wildman–Crippen LogP) is 4.77. The van der Waals surface area contributed by atoms with Gasteiger partial charge in [0.2, 0.25) is 23.6 Å². The van der Waals surface area contributed by atoms with Gasteiger partial charge >= 0.3 is 23.9 Å². The van der Waals surface area contributed by atoms with Crippen LogP contribution in [-0.4, -0.2) is 165 Å². The average Bonchev–Trinajstić information content (AvgIpc) is 4.53. The van der Waals surface area contributed by atoms with E-state index in [1.54, 1.807) is 24.8 Å². The fraction of sp³-hybridized carbons (Fsp3) is 0.344. The Morgan fingerprint density at radius 3 is 0.776 bits per heavy atom. The first-order valence-corrected chi connectivity index (χ1v) is 27.6. The van der Waals surface area contributed by atoms with Crippen molar-refractivity contribution in [3.63, 3.8) is 0 Å². The third-order valence-electron chi connectivity index (χ3n) is 14.5. The minimum absolute atomic E-state index is 0.0156. The summed E-state index contributed by atoms with van der Waals surface area (Å²) in [6, 6.07) is 24.2. The molecule has 24 heteroatoms. The number of aromatic nitrogens is 4. The van der Waals surface area contributed by atoms with Crippen LogP contribution in [-0.2, 0) is 83.0 Å². The van der Waals surface area contributed by atoms with Crippen LogP contribution < -0.4 is 21.3 Å². The molecule has 4 amide bonds. The molecule has 0 fully saturated rings. The van der Waals surface area contributed by atoms with Crippen LogP contribution >= 0.6 is 0 Å². The second kappa shape index (κ2) is 29.8. The second-order valence-electron chi connectivity index (χ2n) is 20.8. The molecule has 8 rings (SSSR count). The number of hydrogen-bond acceptors (Lipinski definition) is 12. The van der Waals surface area contributed by atoms with Crippen LogP contribution in [0.3, 0.4) is 0 Å². The average molecular weight is 1170 g/mol. The topological polar surface area (TPSA) is 366 Å². The van der Waals surface area contributed by atoms with Crippen molar-refractivity contribution in [2.24, 2.45) is 5.41 Å². The molecule has 4 aromatic carbocycles. The molecule has 8 aromatic rings. The van der Waals surface area contributed by atoms with Gasteiger partial charge in [-0.15, -0.1) is 0 Å². The lowest BCUT2D eigenvalue weighted by atomic mass is 9.92. The summed E-state index contributed by atoms with van der Waals surface area (Å²) >= 11 is 0. The summed E-state index contributed by atoms with van der Waals surface area (Å²) in [5.74, 6) is -7.57. The number of hydrogen-bond donors (Lipinski definition) is 12.